The smallest absolute Gasteiger partial charge is 0.410 e. The van der Waals surface area contributed by atoms with Crippen LogP contribution in [0.25, 0.3) is 5.69 Å². The van der Waals surface area contributed by atoms with Crippen LogP contribution in [0.2, 0.25) is 0 Å². The molecule has 0 aliphatic carbocycles. The Hall–Kier alpha value is -2.63. The van der Waals surface area contributed by atoms with E-state index in [4.69, 9.17) is 4.74 Å². The van der Waals surface area contributed by atoms with Crippen LogP contribution in [0.4, 0.5) is 4.79 Å². The SMILES string of the molecule is CN(C(=O)OC(C)(C)C)C(C=O)c1cnn(-c2ccccc2)c1. The molecular formula is C17H21N3O3. The summed E-state index contributed by atoms with van der Waals surface area (Å²) in [5, 5.41) is 4.25. The van der Waals surface area contributed by atoms with Gasteiger partial charge in [0.1, 0.15) is 17.9 Å². The molecule has 0 spiro atoms. The summed E-state index contributed by atoms with van der Waals surface area (Å²) >= 11 is 0. The minimum atomic E-state index is -0.748. The summed E-state index contributed by atoms with van der Waals surface area (Å²) in [7, 11) is 1.53. The quantitative estimate of drug-likeness (QED) is 0.814. The van der Waals surface area contributed by atoms with E-state index in [2.05, 4.69) is 5.10 Å². The van der Waals surface area contributed by atoms with Crippen molar-refractivity contribution in [2.45, 2.75) is 32.4 Å². The average Bonchev–Trinajstić information content (AvgIpc) is 2.97. The van der Waals surface area contributed by atoms with E-state index in [0.717, 1.165) is 5.69 Å². The van der Waals surface area contributed by atoms with Crippen molar-refractivity contribution in [3.05, 3.63) is 48.3 Å². The number of hydrogen-bond acceptors (Lipinski definition) is 4. The Kier molecular flexibility index (Phi) is 4.83. The fourth-order valence-corrected chi connectivity index (χ4v) is 2.05. The number of amides is 1. The summed E-state index contributed by atoms with van der Waals surface area (Å²) in [6.07, 6.45) is 3.46. The lowest BCUT2D eigenvalue weighted by Crippen LogP contribution is -2.37. The van der Waals surface area contributed by atoms with Crippen molar-refractivity contribution in [2.75, 3.05) is 7.05 Å². The molecule has 6 nitrogen and oxygen atoms in total. The highest BCUT2D eigenvalue weighted by Gasteiger charge is 2.27. The minimum Gasteiger partial charge on any atom is -0.444 e. The first-order valence-electron chi connectivity index (χ1n) is 7.33. The zero-order valence-electron chi connectivity index (χ0n) is 13.8. The molecule has 0 aliphatic rings. The lowest BCUT2D eigenvalue weighted by atomic mass is 10.1. The molecule has 1 heterocycles. The van der Waals surface area contributed by atoms with Gasteiger partial charge in [-0.25, -0.2) is 9.48 Å². The van der Waals surface area contributed by atoms with Gasteiger partial charge in [-0.05, 0) is 32.9 Å². The molecule has 23 heavy (non-hydrogen) atoms. The largest absolute Gasteiger partial charge is 0.444 e. The lowest BCUT2D eigenvalue weighted by molar-refractivity contribution is -0.112. The normalized spacial score (nSPS) is 12.5. The van der Waals surface area contributed by atoms with Crippen molar-refractivity contribution in [2.24, 2.45) is 0 Å². The van der Waals surface area contributed by atoms with Gasteiger partial charge in [-0.15, -0.1) is 0 Å². The highest BCUT2D eigenvalue weighted by atomic mass is 16.6. The third-order valence-corrected chi connectivity index (χ3v) is 3.19. The first kappa shape index (κ1) is 16.7. The molecule has 1 amide bonds. The maximum absolute atomic E-state index is 12.1. The number of nitrogens with zero attached hydrogens (tertiary/aromatic N) is 3. The molecule has 0 N–H and O–H groups in total. The zero-order valence-corrected chi connectivity index (χ0v) is 13.8. The fourth-order valence-electron chi connectivity index (χ4n) is 2.05. The van der Waals surface area contributed by atoms with Crippen LogP contribution in [0.3, 0.4) is 0 Å². The van der Waals surface area contributed by atoms with Crippen LogP contribution in [-0.2, 0) is 9.53 Å². The van der Waals surface area contributed by atoms with Crippen LogP contribution in [0.15, 0.2) is 42.7 Å². The number of benzene rings is 1. The van der Waals surface area contributed by atoms with Gasteiger partial charge in [0.25, 0.3) is 0 Å². The summed E-state index contributed by atoms with van der Waals surface area (Å²) in [6, 6.07) is 8.79. The highest BCUT2D eigenvalue weighted by Crippen LogP contribution is 2.20. The van der Waals surface area contributed by atoms with Gasteiger partial charge in [-0.2, -0.15) is 5.10 Å². The van der Waals surface area contributed by atoms with E-state index in [1.807, 2.05) is 30.3 Å². The Balaban J connectivity index is 2.20. The van der Waals surface area contributed by atoms with Gasteiger partial charge in [-0.3, -0.25) is 4.90 Å². The Morgan fingerprint density at radius 2 is 1.96 bits per heavy atom. The Bertz CT molecular complexity index is 674. The Morgan fingerprint density at radius 3 is 2.52 bits per heavy atom. The van der Waals surface area contributed by atoms with Crippen molar-refractivity contribution < 1.29 is 14.3 Å². The van der Waals surface area contributed by atoms with Crippen LogP contribution < -0.4 is 0 Å². The summed E-state index contributed by atoms with van der Waals surface area (Å²) < 4.78 is 6.96. The molecule has 6 heteroatoms. The number of aldehydes is 1. The molecule has 0 saturated heterocycles. The first-order chi connectivity index (χ1) is 10.8. The van der Waals surface area contributed by atoms with Crippen LogP contribution in [-0.4, -0.2) is 39.7 Å². The van der Waals surface area contributed by atoms with Gasteiger partial charge in [0, 0.05) is 18.8 Å². The molecule has 122 valence electrons. The average molecular weight is 315 g/mol. The predicted molar refractivity (Wildman–Crippen MR) is 86.4 cm³/mol. The monoisotopic (exact) mass is 315 g/mol. The maximum Gasteiger partial charge on any atom is 0.410 e. The topological polar surface area (TPSA) is 64.4 Å². The van der Waals surface area contributed by atoms with Gasteiger partial charge >= 0.3 is 6.09 Å². The molecule has 0 aliphatic heterocycles. The molecular weight excluding hydrogens is 294 g/mol. The van der Waals surface area contributed by atoms with E-state index in [9.17, 15) is 9.59 Å². The van der Waals surface area contributed by atoms with E-state index in [1.54, 1.807) is 37.8 Å². The maximum atomic E-state index is 12.1. The van der Waals surface area contributed by atoms with E-state index >= 15 is 0 Å². The van der Waals surface area contributed by atoms with Crippen molar-refractivity contribution in [1.29, 1.82) is 0 Å². The van der Waals surface area contributed by atoms with Gasteiger partial charge in [-0.1, -0.05) is 18.2 Å². The molecule has 0 saturated carbocycles. The summed E-state index contributed by atoms with van der Waals surface area (Å²) in [5.74, 6) is 0. The molecule has 2 aromatic rings. The molecule has 0 fully saturated rings. The molecule has 0 bridgehead atoms. The minimum absolute atomic E-state index is 0.554. The number of rotatable bonds is 4. The second kappa shape index (κ2) is 6.64. The van der Waals surface area contributed by atoms with E-state index in [1.165, 1.54) is 11.9 Å². The van der Waals surface area contributed by atoms with Crippen molar-refractivity contribution in [1.82, 2.24) is 14.7 Å². The predicted octanol–water partition coefficient (Wildman–Crippen LogP) is 2.98. The van der Waals surface area contributed by atoms with E-state index in [0.29, 0.717) is 11.8 Å². The summed E-state index contributed by atoms with van der Waals surface area (Å²) in [6.45, 7) is 5.34. The van der Waals surface area contributed by atoms with Crippen molar-refractivity contribution in [3.8, 4) is 5.69 Å². The van der Waals surface area contributed by atoms with Gasteiger partial charge in [0.2, 0.25) is 0 Å². The molecule has 1 aromatic carbocycles. The standard InChI is InChI=1S/C17H21N3O3/c1-17(2,3)23-16(22)19(4)15(12-21)13-10-18-20(11-13)14-8-6-5-7-9-14/h5-12,15H,1-4H3. The van der Waals surface area contributed by atoms with Crippen LogP contribution >= 0.6 is 0 Å². The lowest BCUT2D eigenvalue weighted by Gasteiger charge is -2.27. The summed E-state index contributed by atoms with van der Waals surface area (Å²) in [4.78, 5) is 24.9. The van der Waals surface area contributed by atoms with Crippen molar-refractivity contribution in [3.63, 3.8) is 0 Å². The third kappa shape index (κ3) is 4.18. The fraction of sp³-hybridized carbons (Fsp3) is 0.353. The van der Waals surface area contributed by atoms with Gasteiger partial charge in [0.05, 0.1) is 11.9 Å². The third-order valence-electron chi connectivity index (χ3n) is 3.19. The molecule has 1 unspecified atom stereocenters. The van der Waals surface area contributed by atoms with Crippen LogP contribution in [0.5, 0.6) is 0 Å². The second-order valence-electron chi connectivity index (χ2n) is 6.23. The van der Waals surface area contributed by atoms with Crippen molar-refractivity contribution >= 4 is 12.4 Å². The molecule has 1 aromatic heterocycles. The van der Waals surface area contributed by atoms with Gasteiger partial charge in [0.15, 0.2) is 0 Å². The number of likely N-dealkylation sites (N-methyl/N-ethyl adjacent to an activating group) is 1. The number of carbonyl (C=O) groups excluding carboxylic acids is 2. The van der Waals surface area contributed by atoms with Gasteiger partial charge < -0.3 is 9.53 Å². The zero-order chi connectivity index (χ0) is 17.0. The molecule has 0 radical (unpaired) electrons. The van der Waals surface area contributed by atoms with E-state index < -0.39 is 17.7 Å². The Morgan fingerprint density at radius 1 is 1.30 bits per heavy atom. The number of aromatic nitrogens is 2. The van der Waals surface area contributed by atoms with Crippen LogP contribution in [0.1, 0.15) is 32.4 Å². The Labute approximate surface area is 135 Å². The highest BCUT2D eigenvalue weighted by molar-refractivity contribution is 5.74. The molecule has 1 atom stereocenters. The number of hydrogen-bond donors (Lipinski definition) is 0. The second-order valence-corrected chi connectivity index (χ2v) is 6.23. The number of ether oxygens (including phenoxy) is 1. The number of carbonyl (C=O) groups is 2. The first-order valence-corrected chi connectivity index (χ1v) is 7.33. The van der Waals surface area contributed by atoms with E-state index in [-0.39, 0.29) is 0 Å². The number of para-hydroxylation sites is 1. The summed E-state index contributed by atoms with van der Waals surface area (Å²) in [5.41, 5.74) is 0.882. The molecule has 2 rings (SSSR count). The van der Waals surface area contributed by atoms with Crippen LogP contribution in [0, 0.1) is 0 Å².